The van der Waals surface area contributed by atoms with Crippen molar-refractivity contribution < 1.29 is 9.53 Å². The Morgan fingerprint density at radius 3 is 2.83 bits per heavy atom. The summed E-state index contributed by atoms with van der Waals surface area (Å²) in [6, 6.07) is 3.04. The SMILES string of the molecule is CCOC(=O)c1cc(Cl)nc(-c2ncc(Cl)s2)c1. The van der Waals surface area contributed by atoms with Crippen LogP contribution in [0, 0.1) is 0 Å². The Labute approximate surface area is 118 Å². The first-order valence-electron chi connectivity index (χ1n) is 5.06. The molecule has 2 heterocycles. The molecule has 18 heavy (non-hydrogen) atoms. The van der Waals surface area contributed by atoms with Crippen LogP contribution in [0.4, 0.5) is 0 Å². The number of hydrogen-bond donors (Lipinski definition) is 0. The zero-order valence-electron chi connectivity index (χ0n) is 9.31. The summed E-state index contributed by atoms with van der Waals surface area (Å²) >= 11 is 12.9. The number of esters is 1. The van der Waals surface area contributed by atoms with Crippen LogP contribution < -0.4 is 0 Å². The maximum absolute atomic E-state index is 11.6. The van der Waals surface area contributed by atoms with E-state index in [1.54, 1.807) is 13.0 Å². The molecule has 0 aliphatic carbocycles. The molecule has 4 nitrogen and oxygen atoms in total. The molecule has 0 saturated heterocycles. The summed E-state index contributed by atoms with van der Waals surface area (Å²) in [7, 11) is 0. The van der Waals surface area contributed by atoms with E-state index >= 15 is 0 Å². The van der Waals surface area contributed by atoms with E-state index in [4.69, 9.17) is 27.9 Å². The highest BCUT2D eigenvalue weighted by Crippen LogP contribution is 2.28. The molecular weight excluding hydrogens is 295 g/mol. The standard InChI is InChI=1S/C11H8Cl2N2O2S/c1-2-17-11(16)6-3-7(15-8(12)4-6)10-14-5-9(13)18-10/h3-5H,2H2,1H3. The predicted molar refractivity (Wildman–Crippen MR) is 71.3 cm³/mol. The van der Waals surface area contributed by atoms with E-state index in [2.05, 4.69) is 9.97 Å². The molecule has 0 fully saturated rings. The molecule has 94 valence electrons. The number of aromatic nitrogens is 2. The summed E-state index contributed by atoms with van der Waals surface area (Å²) in [5.41, 5.74) is 0.848. The van der Waals surface area contributed by atoms with Crippen LogP contribution in [0.3, 0.4) is 0 Å². The molecule has 0 aromatic carbocycles. The molecule has 0 saturated carbocycles. The number of hydrogen-bond acceptors (Lipinski definition) is 5. The van der Waals surface area contributed by atoms with Crippen LogP contribution in [0.25, 0.3) is 10.7 Å². The molecule has 2 aromatic rings. The van der Waals surface area contributed by atoms with Gasteiger partial charge in [-0.25, -0.2) is 14.8 Å². The van der Waals surface area contributed by atoms with E-state index in [1.807, 2.05) is 0 Å². The Bertz CT molecular complexity index is 586. The van der Waals surface area contributed by atoms with Crippen LogP contribution in [0.2, 0.25) is 9.49 Å². The molecule has 0 radical (unpaired) electrons. The minimum Gasteiger partial charge on any atom is -0.462 e. The molecule has 0 aliphatic rings. The fraction of sp³-hybridized carbons (Fsp3) is 0.182. The maximum Gasteiger partial charge on any atom is 0.338 e. The van der Waals surface area contributed by atoms with Gasteiger partial charge in [0.25, 0.3) is 0 Å². The number of carbonyl (C=O) groups excluding carboxylic acids is 1. The van der Waals surface area contributed by atoms with Gasteiger partial charge in [-0.3, -0.25) is 0 Å². The zero-order chi connectivity index (χ0) is 13.1. The number of thiazole rings is 1. The molecule has 0 aliphatic heterocycles. The number of ether oxygens (including phenoxy) is 1. The maximum atomic E-state index is 11.6. The van der Waals surface area contributed by atoms with Crippen molar-refractivity contribution in [2.75, 3.05) is 6.61 Å². The number of pyridine rings is 1. The fourth-order valence-electron chi connectivity index (χ4n) is 1.31. The lowest BCUT2D eigenvalue weighted by atomic mass is 10.2. The lowest BCUT2D eigenvalue weighted by Gasteiger charge is -2.03. The highest BCUT2D eigenvalue weighted by molar-refractivity contribution is 7.18. The predicted octanol–water partition coefficient (Wildman–Crippen LogP) is 3.69. The van der Waals surface area contributed by atoms with Crippen LogP contribution >= 0.6 is 34.5 Å². The Kier molecular flexibility index (Phi) is 4.16. The van der Waals surface area contributed by atoms with Crippen LogP contribution in [0.5, 0.6) is 0 Å². The van der Waals surface area contributed by atoms with Crippen molar-refractivity contribution in [2.24, 2.45) is 0 Å². The second-order valence-corrected chi connectivity index (χ2v) is 5.30. The summed E-state index contributed by atoms with van der Waals surface area (Å²) in [6.45, 7) is 2.04. The van der Waals surface area contributed by atoms with Crippen LogP contribution in [-0.4, -0.2) is 22.5 Å². The normalized spacial score (nSPS) is 10.4. The Morgan fingerprint density at radius 1 is 1.44 bits per heavy atom. The first kappa shape index (κ1) is 13.3. The summed E-state index contributed by atoms with van der Waals surface area (Å²) in [5, 5.41) is 0.815. The van der Waals surface area contributed by atoms with Crippen molar-refractivity contribution in [1.82, 2.24) is 9.97 Å². The number of halogens is 2. The van der Waals surface area contributed by atoms with E-state index < -0.39 is 5.97 Å². The molecule has 2 rings (SSSR count). The minimum atomic E-state index is -0.439. The lowest BCUT2D eigenvalue weighted by molar-refractivity contribution is 0.0526. The molecule has 2 aromatic heterocycles. The topological polar surface area (TPSA) is 52.1 Å². The number of carbonyl (C=O) groups is 1. The summed E-state index contributed by atoms with van der Waals surface area (Å²) in [5.74, 6) is -0.439. The second kappa shape index (κ2) is 5.65. The van der Waals surface area contributed by atoms with Crippen molar-refractivity contribution in [3.63, 3.8) is 0 Å². The van der Waals surface area contributed by atoms with E-state index in [0.29, 0.717) is 27.2 Å². The first-order valence-corrected chi connectivity index (χ1v) is 6.64. The van der Waals surface area contributed by atoms with E-state index in [9.17, 15) is 4.79 Å². The summed E-state index contributed by atoms with van der Waals surface area (Å²) in [4.78, 5) is 19.8. The smallest absolute Gasteiger partial charge is 0.338 e. The van der Waals surface area contributed by atoms with Crippen molar-refractivity contribution in [3.05, 3.63) is 33.4 Å². The van der Waals surface area contributed by atoms with Gasteiger partial charge < -0.3 is 4.74 Å². The highest BCUT2D eigenvalue weighted by Gasteiger charge is 2.13. The van der Waals surface area contributed by atoms with Crippen molar-refractivity contribution in [2.45, 2.75) is 6.92 Å². The third-order valence-electron chi connectivity index (χ3n) is 2.00. The number of nitrogens with zero attached hydrogens (tertiary/aromatic N) is 2. The molecule has 0 N–H and O–H groups in total. The van der Waals surface area contributed by atoms with Crippen molar-refractivity contribution in [3.8, 4) is 10.7 Å². The monoisotopic (exact) mass is 302 g/mol. The van der Waals surface area contributed by atoms with E-state index in [-0.39, 0.29) is 5.15 Å². The van der Waals surface area contributed by atoms with Gasteiger partial charge in [-0.15, -0.1) is 11.3 Å². The average molecular weight is 303 g/mol. The highest BCUT2D eigenvalue weighted by atomic mass is 35.5. The van der Waals surface area contributed by atoms with Gasteiger partial charge in [0.15, 0.2) is 0 Å². The third kappa shape index (κ3) is 2.98. The number of rotatable bonds is 3. The van der Waals surface area contributed by atoms with Gasteiger partial charge in [0.05, 0.1) is 18.4 Å². The minimum absolute atomic E-state index is 0.210. The Morgan fingerprint density at radius 2 is 2.22 bits per heavy atom. The fourth-order valence-corrected chi connectivity index (χ4v) is 2.39. The lowest BCUT2D eigenvalue weighted by Crippen LogP contribution is -2.05. The Balaban J connectivity index is 2.41. The van der Waals surface area contributed by atoms with Crippen LogP contribution in [-0.2, 0) is 4.74 Å². The average Bonchev–Trinajstić information content (AvgIpc) is 2.75. The van der Waals surface area contributed by atoms with Gasteiger partial charge in [0, 0.05) is 0 Å². The zero-order valence-corrected chi connectivity index (χ0v) is 11.6. The first-order chi connectivity index (χ1) is 8.60. The summed E-state index contributed by atoms with van der Waals surface area (Å²) < 4.78 is 5.46. The Hall–Kier alpha value is -1.17. The van der Waals surface area contributed by atoms with Crippen LogP contribution in [0.15, 0.2) is 18.3 Å². The third-order valence-corrected chi connectivity index (χ3v) is 3.33. The summed E-state index contributed by atoms with van der Waals surface area (Å²) in [6.07, 6.45) is 1.52. The van der Waals surface area contributed by atoms with Gasteiger partial charge in [0.1, 0.15) is 20.2 Å². The molecule has 0 unspecified atom stereocenters. The quantitative estimate of drug-likeness (QED) is 0.641. The van der Waals surface area contributed by atoms with Crippen molar-refractivity contribution >= 4 is 40.5 Å². The van der Waals surface area contributed by atoms with Crippen molar-refractivity contribution in [1.29, 1.82) is 0 Å². The second-order valence-electron chi connectivity index (χ2n) is 3.25. The molecular formula is C11H8Cl2N2O2S. The molecule has 0 atom stereocenters. The van der Waals surface area contributed by atoms with Gasteiger partial charge in [-0.1, -0.05) is 23.2 Å². The molecule has 7 heteroatoms. The van der Waals surface area contributed by atoms with Gasteiger partial charge in [-0.2, -0.15) is 0 Å². The molecule has 0 amide bonds. The van der Waals surface area contributed by atoms with Gasteiger partial charge in [-0.05, 0) is 19.1 Å². The van der Waals surface area contributed by atoms with Gasteiger partial charge >= 0.3 is 5.97 Å². The molecule has 0 spiro atoms. The van der Waals surface area contributed by atoms with E-state index in [1.165, 1.54) is 23.6 Å². The van der Waals surface area contributed by atoms with Gasteiger partial charge in [0.2, 0.25) is 0 Å². The van der Waals surface area contributed by atoms with E-state index in [0.717, 1.165) is 0 Å². The largest absolute Gasteiger partial charge is 0.462 e. The molecule has 0 bridgehead atoms. The van der Waals surface area contributed by atoms with Crippen LogP contribution in [0.1, 0.15) is 17.3 Å².